The number of hydrogen-bond donors (Lipinski definition) is 1. The van der Waals surface area contributed by atoms with Gasteiger partial charge in [0.1, 0.15) is 0 Å². The van der Waals surface area contributed by atoms with Crippen molar-refractivity contribution < 1.29 is 0 Å². The SMILES string of the molecule is Brc1cccc(NC2CCCCC2)c1. The highest BCUT2D eigenvalue weighted by atomic mass is 79.9. The van der Waals surface area contributed by atoms with E-state index in [1.807, 2.05) is 0 Å². The van der Waals surface area contributed by atoms with Crippen LogP contribution < -0.4 is 5.32 Å². The molecule has 1 saturated carbocycles. The van der Waals surface area contributed by atoms with Crippen LogP contribution in [0.4, 0.5) is 5.69 Å². The van der Waals surface area contributed by atoms with Gasteiger partial charge in [0.05, 0.1) is 0 Å². The van der Waals surface area contributed by atoms with Crippen molar-refractivity contribution in [1.82, 2.24) is 0 Å². The van der Waals surface area contributed by atoms with Gasteiger partial charge >= 0.3 is 0 Å². The molecule has 2 heteroatoms. The van der Waals surface area contributed by atoms with Crippen LogP contribution in [-0.2, 0) is 0 Å². The summed E-state index contributed by atoms with van der Waals surface area (Å²) in [7, 11) is 0. The lowest BCUT2D eigenvalue weighted by atomic mass is 9.95. The van der Waals surface area contributed by atoms with E-state index in [9.17, 15) is 0 Å². The molecular weight excluding hydrogens is 238 g/mol. The van der Waals surface area contributed by atoms with Crippen molar-refractivity contribution in [3.8, 4) is 0 Å². The zero-order valence-corrected chi connectivity index (χ0v) is 9.89. The van der Waals surface area contributed by atoms with E-state index in [0.29, 0.717) is 6.04 Å². The van der Waals surface area contributed by atoms with Gasteiger partial charge in [-0.3, -0.25) is 0 Å². The van der Waals surface area contributed by atoms with Gasteiger partial charge in [-0.2, -0.15) is 0 Å². The quantitative estimate of drug-likeness (QED) is 0.834. The van der Waals surface area contributed by atoms with E-state index in [1.54, 1.807) is 0 Å². The summed E-state index contributed by atoms with van der Waals surface area (Å²) < 4.78 is 1.15. The molecular formula is C12H16BrN. The molecule has 1 aliphatic rings. The van der Waals surface area contributed by atoms with Gasteiger partial charge < -0.3 is 5.32 Å². The first-order chi connectivity index (χ1) is 6.84. The fraction of sp³-hybridized carbons (Fsp3) is 0.500. The van der Waals surface area contributed by atoms with Crippen LogP contribution in [0.25, 0.3) is 0 Å². The maximum atomic E-state index is 3.59. The van der Waals surface area contributed by atoms with Crippen molar-refractivity contribution >= 4 is 21.6 Å². The van der Waals surface area contributed by atoms with Crippen molar-refractivity contribution in [1.29, 1.82) is 0 Å². The first-order valence-corrected chi connectivity index (χ1v) is 6.16. The molecule has 0 unspecified atom stereocenters. The summed E-state index contributed by atoms with van der Waals surface area (Å²) in [6.07, 6.45) is 6.83. The third-order valence-corrected chi connectivity index (χ3v) is 3.29. The Morgan fingerprint density at radius 3 is 2.64 bits per heavy atom. The van der Waals surface area contributed by atoms with Crippen LogP contribution in [0.3, 0.4) is 0 Å². The Morgan fingerprint density at radius 1 is 1.14 bits per heavy atom. The minimum atomic E-state index is 0.693. The van der Waals surface area contributed by atoms with E-state index in [1.165, 1.54) is 37.8 Å². The van der Waals surface area contributed by atoms with Gasteiger partial charge in [-0.15, -0.1) is 0 Å². The fourth-order valence-corrected chi connectivity index (χ4v) is 2.46. The smallest absolute Gasteiger partial charge is 0.0353 e. The highest BCUT2D eigenvalue weighted by molar-refractivity contribution is 9.10. The topological polar surface area (TPSA) is 12.0 Å². The highest BCUT2D eigenvalue weighted by Gasteiger charge is 2.12. The van der Waals surface area contributed by atoms with Crippen molar-refractivity contribution in [3.63, 3.8) is 0 Å². The number of anilines is 1. The minimum Gasteiger partial charge on any atom is -0.382 e. The third kappa shape index (κ3) is 2.74. The molecule has 0 aliphatic heterocycles. The Kier molecular flexibility index (Phi) is 3.46. The summed E-state index contributed by atoms with van der Waals surface area (Å²) in [4.78, 5) is 0. The molecule has 1 aromatic rings. The maximum Gasteiger partial charge on any atom is 0.0353 e. The standard InChI is InChI=1S/C12H16BrN/c13-10-5-4-8-12(9-10)14-11-6-2-1-3-7-11/h4-5,8-9,11,14H,1-3,6-7H2. The molecule has 0 atom stereocenters. The Labute approximate surface area is 94.0 Å². The van der Waals surface area contributed by atoms with Crippen molar-refractivity contribution in [2.45, 2.75) is 38.1 Å². The van der Waals surface area contributed by atoms with Gasteiger partial charge in [0, 0.05) is 16.2 Å². The molecule has 2 rings (SSSR count). The Morgan fingerprint density at radius 2 is 1.93 bits per heavy atom. The molecule has 0 aromatic heterocycles. The van der Waals surface area contributed by atoms with Crippen LogP contribution in [0.1, 0.15) is 32.1 Å². The number of nitrogens with one attached hydrogen (secondary N) is 1. The lowest BCUT2D eigenvalue weighted by molar-refractivity contribution is 0.463. The summed E-state index contributed by atoms with van der Waals surface area (Å²) in [5.74, 6) is 0. The van der Waals surface area contributed by atoms with Gasteiger partial charge in [-0.05, 0) is 31.0 Å². The van der Waals surface area contributed by atoms with Crippen LogP contribution >= 0.6 is 15.9 Å². The zero-order valence-electron chi connectivity index (χ0n) is 8.30. The van der Waals surface area contributed by atoms with Gasteiger partial charge in [0.15, 0.2) is 0 Å². The fourth-order valence-electron chi connectivity index (χ4n) is 2.06. The van der Waals surface area contributed by atoms with Crippen LogP contribution in [0, 0.1) is 0 Å². The van der Waals surface area contributed by atoms with Crippen molar-refractivity contribution in [2.24, 2.45) is 0 Å². The predicted molar refractivity (Wildman–Crippen MR) is 64.6 cm³/mol. The molecule has 1 aliphatic carbocycles. The van der Waals surface area contributed by atoms with E-state index in [2.05, 4.69) is 45.5 Å². The lowest BCUT2D eigenvalue weighted by Gasteiger charge is -2.23. The minimum absolute atomic E-state index is 0.693. The average molecular weight is 254 g/mol. The second kappa shape index (κ2) is 4.83. The number of hydrogen-bond acceptors (Lipinski definition) is 1. The number of halogens is 1. The second-order valence-electron chi connectivity index (χ2n) is 3.99. The molecule has 76 valence electrons. The molecule has 1 aromatic carbocycles. The van der Waals surface area contributed by atoms with E-state index in [0.717, 1.165) is 4.47 Å². The summed E-state index contributed by atoms with van der Waals surface area (Å²) in [6.45, 7) is 0. The Balaban J connectivity index is 1.95. The maximum absolute atomic E-state index is 3.59. The summed E-state index contributed by atoms with van der Waals surface area (Å²) >= 11 is 3.49. The molecule has 0 spiro atoms. The summed E-state index contributed by atoms with van der Waals surface area (Å²) in [5, 5.41) is 3.59. The summed E-state index contributed by atoms with van der Waals surface area (Å²) in [6, 6.07) is 9.12. The van der Waals surface area contributed by atoms with Crippen LogP contribution in [0.2, 0.25) is 0 Å². The lowest BCUT2D eigenvalue weighted by Crippen LogP contribution is -2.22. The number of rotatable bonds is 2. The highest BCUT2D eigenvalue weighted by Crippen LogP contribution is 2.23. The zero-order chi connectivity index (χ0) is 9.80. The molecule has 1 nitrogen and oxygen atoms in total. The largest absolute Gasteiger partial charge is 0.382 e. The van der Waals surface area contributed by atoms with Crippen LogP contribution in [0.5, 0.6) is 0 Å². The normalized spacial score (nSPS) is 18.1. The summed E-state index contributed by atoms with van der Waals surface area (Å²) in [5.41, 5.74) is 1.24. The van der Waals surface area contributed by atoms with Crippen LogP contribution in [-0.4, -0.2) is 6.04 Å². The number of benzene rings is 1. The third-order valence-electron chi connectivity index (χ3n) is 2.80. The van der Waals surface area contributed by atoms with Gasteiger partial charge in [-0.1, -0.05) is 41.3 Å². The molecule has 1 N–H and O–H groups in total. The van der Waals surface area contributed by atoms with Gasteiger partial charge in [0.2, 0.25) is 0 Å². The van der Waals surface area contributed by atoms with E-state index < -0.39 is 0 Å². The van der Waals surface area contributed by atoms with Gasteiger partial charge in [-0.25, -0.2) is 0 Å². The van der Waals surface area contributed by atoms with Gasteiger partial charge in [0.25, 0.3) is 0 Å². The Hall–Kier alpha value is -0.500. The molecule has 0 radical (unpaired) electrons. The first kappa shape index (κ1) is 10.0. The Bertz CT molecular complexity index is 292. The molecule has 0 bridgehead atoms. The monoisotopic (exact) mass is 253 g/mol. The van der Waals surface area contributed by atoms with E-state index in [4.69, 9.17) is 0 Å². The van der Waals surface area contributed by atoms with Crippen molar-refractivity contribution in [3.05, 3.63) is 28.7 Å². The molecule has 0 saturated heterocycles. The molecule has 1 fully saturated rings. The van der Waals surface area contributed by atoms with Crippen molar-refractivity contribution in [2.75, 3.05) is 5.32 Å². The van der Waals surface area contributed by atoms with E-state index in [-0.39, 0.29) is 0 Å². The van der Waals surface area contributed by atoms with Crippen LogP contribution in [0.15, 0.2) is 28.7 Å². The molecule has 14 heavy (non-hydrogen) atoms. The average Bonchev–Trinajstić information content (AvgIpc) is 2.19. The predicted octanol–water partition coefficient (Wildman–Crippen LogP) is 4.19. The first-order valence-electron chi connectivity index (χ1n) is 5.37. The second-order valence-corrected chi connectivity index (χ2v) is 4.91. The molecule has 0 heterocycles. The van der Waals surface area contributed by atoms with E-state index >= 15 is 0 Å². The molecule has 0 amide bonds.